The molecule has 0 amide bonds. The summed E-state index contributed by atoms with van der Waals surface area (Å²) in [5.41, 5.74) is 7.15. The van der Waals surface area contributed by atoms with Gasteiger partial charge in [0, 0.05) is 17.1 Å². The van der Waals surface area contributed by atoms with Crippen LogP contribution in [0.2, 0.25) is 0 Å². The van der Waals surface area contributed by atoms with Gasteiger partial charge in [-0.05, 0) is 48.1 Å². The molecule has 0 saturated carbocycles. The highest BCUT2D eigenvalue weighted by molar-refractivity contribution is 5.83. The van der Waals surface area contributed by atoms with E-state index < -0.39 is 0 Å². The molecular formula is C27H28N2. The highest BCUT2D eigenvalue weighted by atomic mass is 14.9. The van der Waals surface area contributed by atoms with Crippen molar-refractivity contribution < 1.29 is 0 Å². The third-order valence-electron chi connectivity index (χ3n) is 5.51. The van der Waals surface area contributed by atoms with E-state index in [1.807, 2.05) is 6.20 Å². The van der Waals surface area contributed by atoms with Crippen molar-refractivity contribution in [1.29, 1.82) is 0 Å². The van der Waals surface area contributed by atoms with E-state index in [4.69, 9.17) is 4.98 Å². The molecule has 1 aromatic heterocycles. The standard InChI is InChI=1S/C27H28N2/c1-3-4-5-6-11-21-12-8-13-22(17-21)23-14-9-15-24(18-23)27-28-19-25-16-7-10-20(2)26(25)29-27/h7-10,12-19H,3-6,11H2,1-2H3. The van der Waals surface area contributed by atoms with Gasteiger partial charge in [-0.15, -0.1) is 0 Å². The van der Waals surface area contributed by atoms with Gasteiger partial charge in [-0.2, -0.15) is 0 Å². The molecule has 0 aliphatic rings. The van der Waals surface area contributed by atoms with Crippen LogP contribution in [0.3, 0.4) is 0 Å². The van der Waals surface area contributed by atoms with E-state index in [-0.39, 0.29) is 0 Å². The van der Waals surface area contributed by atoms with Crippen LogP contribution in [0.5, 0.6) is 0 Å². The Morgan fingerprint density at radius 2 is 1.52 bits per heavy atom. The van der Waals surface area contributed by atoms with Crippen LogP contribution < -0.4 is 0 Å². The van der Waals surface area contributed by atoms with Gasteiger partial charge in [-0.1, -0.05) is 86.8 Å². The van der Waals surface area contributed by atoms with Gasteiger partial charge >= 0.3 is 0 Å². The average molecular weight is 381 g/mol. The smallest absolute Gasteiger partial charge is 0.159 e. The SMILES string of the molecule is CCCCCCc1cccc(-c2cccc(-c3ncc4cccc(C)c4n3)c2)c1. The summed E-state index contributed by atoms with van der Waals surface area (Å²) in [5.74, 6) is 0.782. The van der Waals surface area contributed by atoms with Crippen molar-refractivity contribution in [2.24, 2.45) is 0 Å². The fourth-order valence-electron chi connectivity index (χ4n) is 3.84. The number of hydrogen-bond acceptors (Lipinski definition) is 2. The predicted octanol–water partition coefficient (Wildman–Crippen LogP) is 7.40. The number of fused-ring (bicyclic) bond motifs is 1. The van der Waals surface area contributed by atoms with Crippen LogP contribution in [0.25, 0.3) is 33.4 Å². The summed E-state index contributed by atoms with van der Waals surface area (Å²) < 4.78 is 0. The van der Waals surface area contributed by atoms with Gasteiger partial charge < -0.3 is 0 Å². The molecule has 0 fully saturated rings. The molecule has 3 aromatic carbocycles. The first kappa shape index (κ1) is 19.3. The van der Waals surface area contributed by atoms with Gasteiger partial charge in [0.05, 0.1) is 5.52 Å². The van der Waals surface area contributed by atoms with Crippen molar-refractivity contribution in [2.45, 2.75) is 46.0 Å². The predicted molar refractivity (Wildman–Crippen MR) is 123 cm³/mol. The first-order chi connectivity index (χ1) is 14.2. The molecule has 0 unspecified atom stereocenters. The Labute approximate surface area is 173 Å². The molecule has 0 atom stereocenters. The van der Waals surface area contributed by atoms with E-state index in [1.165, 1.54) is 47.9 Å². The van der Waals surface area contributed by atoms with E-state index in [1.54, 1.807) is 0 Å². The molecule has 0 aliphatic heterocycles. The molecule has 146 valence electrons. The number of hydrogen-bond donors (Lipinski definition) is 0. The van der Waals surface area contributed by atoms with E-state index >= 15 is 0 Å². The summed E-state index contributed by atoms with van der Waals surface area (Å²) in [7, 11) is 0. The number of aromatic nitrogens is 2. The van der Waals surface area contributed by atoms with Crippen LogP contribution in [0.15, 0.2) is 72.9 Å². The van der Waals surface area contributed by atoms with Crippen LogP contribution in [-0.2, 0) is 6.42 Å². The first-order valence-corrected chi connectivity index (χ1v) is 10.7. The Balaban J connectivity index is 1.62. The van der Waals surface area contributed by atoms with Crippen molar-refractivity contribution in [3.63, 3.8) is 0 Å². The monoisotopic (exact) mass is 380 g/mol. The van der Waals surface area contributed by atoms with Crippen molar-refractivity contribution in [1.82, 2.24) is 9.97 Å². The van der Waals surface area contributed by atoms with Crippen LogP contribution in [0.1, 0.15) is 43.7 Å². The minimum absolute atomic E-state index is 0.782. The molecule has 0 radical (unpaired) electrons. The number of nitrogens with zero attached hydrogens (tertiary/aromatic N) is 2. The fraction of sp³-hybridized carbons (Fsp3) is 0.259. The molecule has 4 rings (SSSR count). The number of unbranched alkanes of at least 4 members (excludes halogenated alkanes) is 3. The fourth-order valence-corrected chi connectivity index (χ4v) is 3.84. The third-order valence-corrected chi connectivity index (χ3v) is 5.51. The molecule has 29 heavy (non-hydrogen) atoms. The highest BCUT2D eigenvalue weighted by Gasteiger charge is 2.07. The Morgan fingerprint density at radius 3 is 2.38 bits per heavy atom. The number of benzene rings is 3. The van der Waals surface area contributed by atoms with Crippen LogP contribution >= 0.6 is 0 Å². The van der Waals surface area contributed by atoms with E-state index in [0.29, 0.717) is 0 Å². The van der Waals surface area contributed by atoms with Crippen molar-refractivity contribution in [3.8, 4) is 22.5 Å². The zero-order chi connectivity index (χ0) is 20.1. The lowest BCUT2D eigenvalue weighted by molar-refractivity contribution is 0.667. The summed E-state index contributed by atoms with van der Waals surface area (Å²) in [6.07, 6.45) is 8.27. The van der Waals surface area contributed by atoms with E-state index in [0.717, 1.165) is 28.7 Å². The minimum atomic E-state index is 0.782. The Morgan fingerprint density at radius 1 is 0.759 bits per heavy atom. The summed E-state index contributed by atoms with van der Waals surface area (Å²) in [4.78, 5) is 9.46. The van der Waals surface area contributed by atoms with E-state index in [2.05, 4.69) is 85.6 Å². The van der Waals surface area contributed by atoms with Gasteiger partial charge in [0.1, 0.15) is 0 Å². The molecule has 1 heterocycles. The topological polar surface area (TPSA) is 25.8 Å². The number of aryl methyl sites for hydroxylation is 2. The van der Waals surface area contributed by atoms with Gasteiger partial charge in [0.15, 0.2) is 5.82 Å². The molecule has 2 heteroatoms. The number of para-hydroxylation sites is 1. The minimum Gasteiger partial charge on any atom is -0.236 e. The maximum absolute atomic E-state index is 4.84. The molecule has 4 aromatic rings. The second-order valence-electron chi connectivity index (χ2n) is 7.80. The highest BCUT2D eigenvalue weighted by Crippen LogP contribution is 2.27. The summed E-state index contributed by atoms with van der Waals surface area (Å²) in [5, 5.41) is 1.08. The molecule has 0 spiro atoms. The zero-order valence-electron chi connectivity index (χ0n) is 17.4. The van der Waals surface area contributed by atoms with E-state index in [9.17, 15) is 0 Å². The largest absolute Gasteiger partial charge is 0.236 e. The molecule has 0 aliphatic carbocycles. The summed E-state index contributed by atoms with van der Waals surface area (Å²) in [6, 6.07) is 23.7. The molecule has 0 N–H and O–H groups in total. The Hall–Kier alpha value is -3.00. The average Bonchev–Trinajstić information content (AvgIpc) is 2.77. The van der Waals surface area contributed by atoms with Crippen LogP contribution in [-0.4, -0.2) is 9.97 Å². The second-order valence-corrected chi connectivity index (χ2v) is 7.80. The molecular weight excluding hydrogens is 352 g/mol. The lowest BCUT2D eigenvalue weighted by Crippen LogP contribution is -1.92. The van der Waals surface area contributed by atoms with Crippen molar-refractivity contribution in [2.75, 3.05) is 0 Å². The van der Waals surface area contributed by atoms with Gasteiger partial charge in [-0.3, -0.25) is 0 Å². The maximum atomic E-state index is 4.84. The normalized spacial score (nSPS) is 11.1. The Bertz CT molecular complexity index is 1110. The van der Waals surface area contributed by atoms with Crippen LogP contribution in [0.4, 0.5) is 0 Å². The quantitative estimate of drug-likeness (QED) is 0.312. The van der Waals surface area contributed by atoms with Gasteiger partial charge in [0.25, 0.3) is 0 Å². The lowest BCUT2D eigenvalue weighted by Gasteiger charge is -2.09. The first-order valence-electron chi connectivity index (χ1n) is 10.7. The maximum Gasteiger partial charge on any atom is 0.159 e. The zero-order valence-corrected chi connectivity index (χ0v) is 17.4. The Kier molecular flexibility index (Phi) is 6.00. The second kappa shape index (κ2) is 9.00. The third kappa shape index (κ3) is 4.54. The molecule has 0 saturated heterocycles. The van der Waals surface area contributed by atoms with Gasteiger partial charge in [0.2, 0.25) is 0 Å². The molecule has 0 bridgehead atoms. The van der Waals surface area contributed by atoms with Gasteiger partial charge in [-0.25, -0.2) is 9.97 Å². The summed E-state index contributed by atoms with van der Waals surface area (Å²) in [6.45, 7) is 4.36. The molecule has 2 nitrogen and oxygen atoms in total. The lowest BCUT2D eigenvalue weighted by atomic mass is 9.98. The van der Waals surface area contributed by atoms with Crippen molar-refractivity contribution in [3.05, 3.63) is 84.1 Å². The number of rotatable bonds is 7. The van der Waals surface area contributed by atoms with Crippen molar-refractivity contribution >= 4 is 10.9 Å². The summed E-state index contributed by atoms with van der Waals surface area (Å²) >= 11 is 0. The van der Waals surface area contributed by atoms with Crippen LogP contribution in [0, 0.1) is 6.92 Å².